The molecule has 2 aromatic rings. The van der Waals surface area contributed by atoms with Gasteiger partial charge in [0.2, 0.25) is 12.2 Å². The first-order valence-electron chi connectivity index (χ1n) is 14.3. The van der Waals surface area contributed by atoms with Crippen molar-refractivity contribution in [2.24, 2.45) is 0 Å². The van der Waals surface area contributed by atoms with Gasteiger partial charge < -0.3 is 59.6 Å². The molecule has 3 fully saturated rings. The van der Waals surface area contributed by atoms with Gasteiger partial charge in [-0.25, -0.2) is 0 Å². The van der Waals surface area contributed by atoms with Gasteiger partial charge >= 0.3 is 0 Å². The Bertz CT molecular complexity index is 1440. The molecule has 1 aliphatic carbocycles. The second-order valence-corrected chi connectivity index (χ2v) is 11.5. The maximum absolute atomic E-state index is 12.9. The molecule has 244 valence electrons. The summed E-state index contributed by atoms with van der Waals surface area (Å²) in [6, 6.07) is 10.0. The van der Waals surface area contributed by atoms with Gasteiger partial charge in [0.15, 0.2) is 11.5 Å². The highest BCUT2D eigenvalue weighted by Crippen LogP contribution is 2.34. The van der Waals surface area contributed by atoms with Gasteiger partial charge in [-0.05, 0) is 61.4 Å². The van der Waals surface area contributed by atoms with Crippen LogP contribution < -0.4 is 14.8 Å². The molecule has 0 radical (unpaired) electrons. The summed E-state index contributed by atoms with van der Waals surface area (Å²) < 4.78 is 27.6. The van der Waals surface area contributed by atoms with E-state index in [0.29, 0.717) is 21.9 Å². The van der Waals surface area contributed by atoms with E-state index in [4.69, 9.17) is 35.3 Å². The highest BCUT2D eigenvalue weighted by Gasteiger charge is 2.53. The molecule has 3 aliphatic rings. The average molecular weight is 650 g/mol. The number of halogens is 1. The predicted molar refractivity (Wildman–Crippen MR) is 158 cm³/mol. The van der Waals surface area contributed by atoms with E-state index < -0.39 is 67.1 Å². The van der Waals surface area contributed by atoms with E-state index >= 15 is 0 Å². The topological polar surface area (TPSA) is 197 Å². The summed E-state index contributed by atoms with van der Waals surface area (Å²) >= 11 is 6.10. The number of phenolic OH excluding ortho intramolecular Hbond substituents is 1. The van der Waals surface area contributed by atoms with E-state index in [0.717, 1.165) is 0 Å². The number of aromatic hydroxyl groups is 1. The standard InChI is InChI=1S/C31H36ClNO12/c1-14(9-10-41-19-6-4-3-5-17(19)32)27-25(38)26(39)31(45-27)44-20-8-7-16(12-18(20)34)11-15(2)30(40)33-21-22(35)24(37)29-28(23(21)36)42-13-43-29/h3-9,11-12,21-29,31,34-39H,10,13H2,1-2H3,(H,33,40)/t21-,22+,23-,24+,25+,26+,27-,28+,29-,31-/m1/s1. The molecule has 0 aromatic heterocycles. The zero-order valence-corrected chi connectivity index (χ0v) is 25.2. The van der Waals surface area contributed by atoms with Crippen LogP contribution in [0.3, 0.4) is 0 Å². The normalized spacial score (nSPS) is 33.5. The quantitative estimate of drug-likeness (QED) is 0.148. The predicted octanol–water partition coefficient (Wildman–Crippen LogP) is 0.622. The Morgan fingerprint density at radius 2 is 1.67 bits per heavy atom. The molecule has 5 rings (SSSR count). The Kier molecular flexibility index (Phi) is 10.3. The number of amides is 1. The lowest BCUT2D eigenvalue weighted by molar-refractivity contribution is -0.155. The first-order chi connectivity index (χ1) is 21.5. The van der Waals surface area contributed by atoms with Crippen molar-refractivity contribution in [3.05, 3.63) is 70.3 Å². The molecule has 0 bridgehead atoms. The van der Waals surface area contributed by atoms with E-state index in [2.05, 4.69) is 5.32 Å². The van der Waals surface area contributed by atoms with Crippen molar-refractivity contribution in [2.45, 2.75) is 75.0 Å². The van der Waals surface area contributed by atoms with Crippen LogP contribution in [0.4, 0.5) is 0 Å². The minimum Gasteiger partial charge on any atom is -0.504 e. The van der Waals surface area contributed by atoms with Crippen LogP contribution in [0.5, 0.6) is 17.2 Å². The number of ether oxygens (including phenoxy) is 5. The van der Waals surface area contributed by atoms with Crippen molar-refractivity contribution in [3.8, 4) is 17.2 Å². The van der Waals surface area contributed by atoms with E-state index in [-0.39, 0.29) is 30.5 Å². The molecule has 45 heavy (non-hydrogen) atoms. The molecule has 1 saturated carbocycles. The summed E-state index contributed by atoms with van der Waals surface area (Å²) in [6.07, 6.45) is -7.78. The lowest BCUT2D eigenvalue weighted by atomic mass is 9.83. The minimum atomic E-state index is -1.49. The minimum absolute atomic E-state index is 0.0365. The molecule has 7 N–H and O–H groups in total. The largest absolute Gasteiger partial charge is 0.504 e. The van der Waals surface area contributed by atoms with Crippen LogP contribution in [-0.4, -0.2) is 111 Å². The Labute approximate surface area is 263 Å². The Hall–Kier alpha value is -3.24. The molecule has 2 saturated heterocycles. The van der Waals surface area contributed by atoms with Gasteiger partial charge in [0.1, 0.15) is 68.0 Å². The van der Waals surface area contributed by atoms with Gasteiger partial charge in [-0.3, -0.25) is 4.79 Å². The SMILES string of the molecule is CC(=Cc1ccc(O[C@@H]2O[C@H](C(C)=CCOc3ccccc3Cl)[C@@H](O)[C@@H]2O)c(O)c1)C(=O)N[C@@H]1[C@H](O)[C@H](O)[C@H]2OCO[C@H]2[C@@H]1O. The maximum atomic E-state index is 12.9. The lowest BCUT2D eigenvalue weighted by Crippen LogP contribution is -2.67. The molecular weight excluding hydrogens is 614 g/mol. The third-order valence-electron chi connectivity index (χ3n) is 8.02. The van der Waals surface area contributed by atoms with Crippen LogP contribution in [0.1, 0.15) is 19.4 Å². The molecule has 1 amide bonds. The number of aliphatic hydroxyl groups is 5. The summed E-state index contributed by atoms with van der Waals surface area (Å²) in [4.78, 5) is 12.9. The third kappa shape index (κ3) is 7.12. The second kappa shape index (κ2) is 14.0. The third-order valence-corrected chi connectivity index (χ3v) is 8.33. The number of nitrogens with one attached hydrogen (secondary N) is 1. The monoisotopic (exact) mass is 649 g/mol. The van der Waals surface area contributed by atoms with Crippen molar-refractivity contribution < 1.29 is 59.1 Å². The molecule has 10 atom stereocenters. The molecule has 2 aromatic carbocycles. The van der Waals surface area contributed by atoms with Gasteiger partial charge in [-0.15, -0.1) is 0 Å². The number of aliphatic hydroxyl groups excluding tert-OH is 5. The average Bonchev–Trinajstić information content (AvgIpc) is 3.62. The summed E-state index contributed by atoms with van der Waals surface area (Å²) in [5, 5.41) is 66.1. The zero-order valence-electron chi connectivity index (χ0n) is 24.4. The van der Waals surface area contributed by atoms with Gasteiger partial charge in [-0.1, -0.05) is 29.8 Å². The Morgan fingerprint density at radius 3 is 2.38 bits per heavy atom. The number of carbonyl (C=O) groups is 1. The number of hydrogen-bond donors (Lipinski definition) is 7. The van der Waals surface area contributed by atoms with E-state index in [1.807, 2.05) is 0 Å². The van der Waals surface area contributed by atoms with Gasteiger partial charge in [0.05, 0.1) is 11.1 Å². The number of carbonyl (C=O) groups excluding carboxylic acids is 1. The van der Waals surface area contributed by atoms with Gasteiger partial charge in [0, 0.05) is 5.57 Å². The number of phenols is 1. The van der Waals surface area contributed by atoms with E-state index in [1.165, 1.54) is 25.1 Å². The van der Waals surface area contributed by atoms with Crippen LogP contribution in [0.15, 0.2) is 59.7 Å². The Balaban J connectivity index is 1.18. The van der Waals surface area contributed by atoms with Crippen molar-refractivity contribution in [1.82, 2.24) is 5.32 Å². The van der Waals surface area contributed by atoms with Crippen LogP contribution in [0.25, 0.3) is 6.08 Å². The second-order valence-electron chi connectivity index (χ2n) is 11.1. The maximum Gasteiger partial charge on any atom is 0.247 e. The molecule has 0 unspecified atom stereocenters. The van der Waals surface area contributed by atoms with Crippen molar-refractivity contribution in [3.63, 3.8) is 0 Å². The number of fused-ring (bicyclic) bond motifs is 1. The van der Waals surface area contributed by atoms with Crippen molar-refractivity contribution in [1.29, 1.82) is 0 Å². The summed E-state index contributed by atoms with van der Waals surface area (Å²) in [7, 11) is 0. The fourth-order valence-corrected chi connectivity index (χ4v) is 5.64. The van der Waals surface area contributed by atoms with E-state index in [9.17, 15) is 35.4 Å². The Morgan fingerprint density at radius 1 is 0.956 bits per heavy atom. The highest BCUT2D eigenvalue weighted by molar-refractivity contribution is 6.32. The number of hydrogen-bond acceptors (Lipinski definition) is 12. The fraction of sp³-hybridized carbons (Fsp3) is 0.452. The molecular formula is C31H36ClNO12. The molecule has 14 heteroatoms. The summed E-state index contributed by atoms with van der Waals surface area (Å²) in [5.41, 5.74) is 1.17. The van der Waals surface area contributed by atoms with Crippen LogP contribution >= 0.6 is 11.6 Å². The number of para-hydroxylation sites is 1. The van der Waals surface area contributed by atoms with Crippen molar-refractivity contribution in [2.75, 3.05) is 13.4 Å². The summed E-state index contributed by atoms with van der Waals surface area (Å²) in [5.74, 6) is -0.496. The van der Waals surface area contributed by atoms with Gasteiger partial charge in [0.25, 0.3) is 0 Å². The molecule has 13 nitrogen and oxygen atoms in total. The molecule has 2 aliphatic heterocycles. The number of rotatable bonds is 9. The van der Waals surface area contributed by atoms with Crippen molar-refractivity contribution >= 4 is 23.6 Å². The van der Waals surface area contributed by atoms with Gasteiger partial charge in [-0.2, -0.15) is 0 Å². The summed E-state index contributed by atoms with van der Waals surface area (Å²) in [6.45, 7) is 3.20. The van der Waals surface area contributed by atoms with Crippen LogP contribution in [-0.2, 0) is 19.0 Å². The van der Waals surface area contributed by atoms with E-state index in [1.54, 1.807) is 43.3 Å². The molecule has 2 heterocycles. The smallest absolute Gasteiger partial charge is 0.247 e. The number of benzene rings is 2. The fourth-order valence-electron chi connectivity index (χ4n) is 5.45. The highest BCUT2D eigenvalue weighted by atomic mass is 35.5. The zero-order chi connectivity index (χ0) is 32.4. The lowest BCUT2D eigenvalue weighted by Gasteiger charge is -2.41. The first kappa shape index (κ1) is 33.1. The molecule has 0 spiro atoms. The first-order valence-corrected chi connectivity index (χ1v) is 14.7. The van der Waals surface area contributed by atoms with Crippen LogP contribution in [0, 0.1) is 0 Å². The van der Waals surface area contributed by atoms with Crippen LogP contribution in [0.2, 0.25) is 5.02 Å².